The first kappa shape index (κ1) is 16.1. The van der Waals surface area contributed by atoms with E-state index in [1.807, 2.05) is 42.5 Å². The number of nitrogens with zero attached hydrogens (tertiary/aromatic N) is 3. The molecule has 0 radical (unpaired) electrons. The Morgan fingerprint density at radius 1 is 0.840 bits per heavy atom. The van der Waals surface area contributed by atoms with Gasteiger partial charge in [0, 0.05) is 11.5 Å². The Morgan fingerprint density at radius 3 is 2.20 bits per heavy atom. The molecule has 0 amide bonds. The summed E-state index contributed by atoms with van der Waals surface area (Å²) in [5.74, 6) is 0. The van der Waals surface area contributed by atoms with Crippen LogP contribution in [0.15, 0.2) is 71.8 Å². The van der Waals surface area contributed by atoms with E-state index in [2.05, 4.69) is 10.5 Å². The molecule has 0 aliphatic rings. The quantitative estimate of drug-likeness (QED) is 0.578. The van der Waals surface area contributed by atoms with Gasteiger partial charge in [0.25, 0.3) is 5.69 Å². The zero-order valence-corrected chi connectivity index (χ0v) is 12.8. The van der Waals surface area contributed by atoms with Gasteiger partial charge in [-0.3, -0.25) is 25.7 Å². The Kier molecular flexibility index (Phi) is 4.34. The summed E-state index contributed by atoms with van der Waals surface area (Å²) in [5, 5.41) is 28.6. The molecule has 0 bridgehead atoms. The van der Waals surface area contributed by atoms with Gasteiger partial charge in [-0.1, -0.05) is 42.5 Å². The summed E-state index contributed by atoms with van der Waals surface area (Å²) in [6, 6.07) is 18.3. The summed E-state index contributed by atoms with van der Waals surface area (Å²) in [6.07, 6.45) is 0. The van der Waals surface area contributed by atoms with Crippen molar-refractivity contribution >= 4 is 27.8 Å². The number of nitrogens with one attached hydrogen (secondary N) is 1. The minimum atomic E-state index is -0.687. The van der Waals surface area contributed by atoms with E-state index in [0.29, 0.717) is 5.36 Å². The van der Waals surface area contributed by atoms with Gasteiger partial charge in [-0.15, -0.1) is 0 Å². The zero-order valence-electron chi connectivity index (χ0n) is 12.8. The molecule has 0 aromatic heterocycles. The van der Waals surface area contributed by atoms with Gasteiger partial charge in [0.05, 0.1) is 21.3 Å². The van der Waals surface area contributed by atoms with Crippen LogP contribution in [-0.4, -0.2) is 9.85 Å². The lowest BCUT2D eigenvalue weighted by atomic mass is 10.2. The highest BCUT2D eigenvalue weighted by Gasteiger charge is 2.19. The first-order valence-electron chi connectivity index (χ1n) is 7.27. The van der Waals surface area contributed by atoms with E-state index in [1.165, 1.54) is 12.1 Å². The molecule has 0 heterocycles. The lowest BCUT2D eigenvalue weighted by Crippen LogP contribution is -2.05. The Morgan fingerprint density at radius 2 is 1.52 bits per heavy atom. The normalized spacial score (nSPS) is 11.3. The summed E-state index contributed by atoms with van der Waals surface area (Å²) < 4.78 is 0. The predicted octanol–water partition coefficient (Wildman–Crippen LogP) is 3.58. The second-order valence-corrected chi connectivity index (χ2v) is 5.13. The van der Waals surface area contributed by atoms with E-state index in [-0.39, 0.29) is 11.4 Å². The maximum Gasteiger partial charge on any atom is 0.301 e. The van der Waals surface area contributed by atoms with Gasteiger partial charge < -0.3 is 0 Å². The van der Waals surface area contributed by atoms with Gasteiger partial charge in [-0.25, -0.2) is 0 Å². The van der Waals surface area contributed by atoms with Gasteiger partial charge >= 0.3 is 5.69 Å². The van der Waals surface area contributed by atoms with Crippen LogP contribution in [0.4, 0.5) is 17.1 Å². The number of hydrogen-bond donors (Lipinski definition) is 1. The van der Waals surface area contributed by atoms with Crippen molar-refractivity contribution < 1.29 is 9.85 Å². The number of benzene rings is 2. The largest absolute Gasteiger partial charge is 0.301 e. The smallest absolute Gasteiger partial charge is 0.271 e. The van der Waals surface area contributed by atoms with Crippen LogP contribution in [0.2, 0.25) is 0 Å². The molecule has 3 rings (SSSR count). The van der Waals surface area contributed by atoms with E-state index in [4.69, 9.17) is 0 Å². The van der Waals surface area contributed by atoms with E-state index in [1.54, 1.807) is 6.07 Å². The molecule has 0 saturated carbocycles. The van der Waals surface area contributed by atoms with Gasteiger partial charge in [-0.2, -0.15) is 5.10 Å². The standard InChI is InChI=1S/C17H12N4O4/c22-20(23)13-9-10-16(17(11-13)21(24)25)19-18-15-8-4-2-6-12-5-1-3-7-14(12)15/h1-11,19H/b18-15-. The average molecular weight is 336 g/mol. The molecule has 0 atom stereocenters. The summed E-state index contributed by atoms with van der Waals surface area (Å²) in [5.41, 5.74) is 1.95. The third-order valence-corrected chi connectivity index (χ3v) is 3.56. The summed E-state index contributed by atoms with van der Waals surface area (Å²) in [6.45, 7) is 0. The Balaban J connectivity index is 2.09. The van der Waals surface area contributed by atoms with Crippen molar-refractivity contribution in [2.75, 3.05) is 5.43 Å². The van der Waals surface area contributed by atoms with Crippen molar-refractivity contribution in [3.05, 3.63) is 92.3 Å². The summed E-state index contributed by atoms with van der Waals surface area (Å²) >= 11 is 0. The maximum absolute atomic E-state index is 11.2. The minimum absolute atomic E-state index is 0.0752. The topological polar surface area (TPSA) is 111 Å². The number of non-ortho nitro benzene ring substituents is 1. The molecule has 25 heavy (non-hydrogen) atoms. The zero-order chi connectivity index (χ0) is 17.8. The lowest BCUT2D eigenvalue weighted by Gasteiger charge is -2.02. The molecule has 0 unspecified atom stereocenters. The summed E-state index contributed by atoms with van der Waals surface area (Å²) in [7, 11) is 0. The Labute approximate surface area is 141 Å². The molecule has 0 saturated heterocycles. The van der Waals surface area contributed by atoms with E-state index in [0.717, 1.165) is 16.8 Å². The molecule has 1 N–H and O–H groups in total. The highest BCUT2D eigenvalue weighted by molar-refractivity contribution is 5.81. The van der Waals surface area contributed by atoms with E-state index < -0.39 is 15.5 Å². The van der Waals surface area contributed by atoms with Crippen molar-refractivity contribution in [3.8, 4) is 0 Å². The number of hydrogen-bond acceptors (Lipinski definition) is 6. The first-order valence-corrected chi connectivity index (χ1v) is 7.27. The second kappa shape index (κ2) is 6.75. The molecule has 124 valence electrons. The minimum Gasteiger partial charge on any atom is -0.271 e. The van der Waals surface area contributed by atoms with Crippen LogP contribution >= 0.6 is 0 Å². The fourth-order valence-electron chi connectivity index (χ4n) is 2.37. The molecule has 8 nitrogen and oxygen atoms in total. The number of anilines is 1. The molecule has 0 fully saturated rings. The van der Waals surface area contributed by atoms with Gasteiger partial charge in [0.2, 0.25) is 0 Å². The monoisotopic (exact) mass is 336 g/mol. The molecule has 0 aliphatic heterocycles. The molecule has 8 heteroatoms. The number of rotatable bonds is 4. The Bertz CT molecular complexity index is 1050. The lowest BCUT2D eigenvalue weighted by molar-refractivity contribution is -0.393. The Hall–Kier alpha value is -3.81. The van der Waals surface area contributed by atoms with Crippen LogP contribution in [0.5, 0.6) is 0 Å². The van der Waals surface area contributed by atoms with Crippen LogP contribution in [0.3, 0.4) is 0 Å². The van der Waals surface area contributed by atoms with Crippen molar-refractivity contribution in [1.82, 2.24) is 0 Å². The van der Waals surface area contributed by atoms with Crippen LogP contribution in [0.1, 0.15) is 0 Å². The maximum atomic E-state index is 11.2. The fourth-order valence-corrected chi connectivity index (χ4v) is 2.37. The number of nitro benzene ring substituents is 2. The van der Waals surface area contributed by atoms with Crippen molar-refractivity contribution in [1.29, 1.82) is 0 Å². The molecule has 3 aromatic rings. The molecular formula is C17H12N4O4. The third kappa shape index (κ3) is 3.42. The number of fused-ring (bicyclic) bond motifs is 1. The molecule has 0 aliphatic carbocycles. The van der Waals surface area contributed by atoms with Gasteiger partial charge in [0.1, 0.15) is 5.69 Å². The van der Waals surface area contributed by atoms with E-state index in [9.17, 15) is 20.2 Å². The molecule has 3 aromatic carbocycles. The van der Waals surface area contributed by atoms with Crippen molar-refractivity contribution in [2.24, 2.45) is 5.10 Å². The van der Waals surface area contributed by atoms with Gasteiger partial charge in [-0.05, 0) is 17.5 Å². The van der Waals surface area contributed by atoms with Crippen LogP contribution < -0.4 is 10.8 Å². The van der Waals surface area contributed by atoms with Crippen LogP contribution in [-0.2, 0) is 0 Å². The number of nitro groups is 2. The first-order chi connectivity index (χ1) is 12.1. The highest BCUT2D eigenvalue weighted by atomic mass is 16.6. The summed E-state index contributed by atoms with van der Waals surface area (Å²) in [4.78, 5) is 20.6. The average Bonchev–Trinajstić information content (AvgIpc) is 2.82. The molecular weight excluding hydrogens is 324 g/mol. The van der Waals surface area contributed by atoms with Gasteiger partial charge in [0.15, 0.2) is 0 Å². The predicted molar refractivity (Wildman–Crippen MR) is 92.9 cm³/mol. The second-order valence-electron chi connectivity index (χ2n) is 5.13. The highest BCUT2D eigenvalue weighted by Crippen LogP contribution is 2.28. The third-order valence-electron chi connectivity index (χ3n) is 3.56. The van der Waals surface area contributed by atoms with Crippen LogP contribution in [0.25, 0.3) is 10.8 Å². The SMILES string of the molecule is O=[N+]([O-])c1ccc(N/N=c2/ccccc3ccccc23)c([N+](=O)[O-])c1. The van der Waals surface area contributed by atoms with E-state index >= 15 is 0 Å². The fraction of sp³-hybridized carbons (Fsp3) is 0. The molecule has 0 spiro atoms. The van der Waals surface area contributed by atoms with Crippen molar-refractivity contribution in [3.63, 3.8) is 0 Å². The van der Waals surface area contributed by atoms with Crippen molar-refractivity contribution in [2.45, 2.75) is 0 Å². The van der Waals surface area contributed by atoms with Crippen LogP contribution in [0, 0.1) is 20.2 Å².